The van der Waals surface area contributed by atoms with Gasteiger partial charge < -0.3 is 14.9 Å². The molecule has 26 heavy (non-hydrogen) atoms. The molecule has 0 aliphatic carbocycles. The summed E-state index contributed by atoms with van der Waals surface area (Å²) in [7, 11) is 0. The second kappa shape index (κ2) is 9.48. The van der Waals surface area contributed by atoms with Gasteiger partial charge in [0.15, 0.2) is 0 Å². The van der Waals surface area contributed by atoms with E-state index in [9.17, 15) is 5.11 Å². The highest BCUT2D eigenvalue weighted by Crippen LogP contribution is 2.21. The summed E-state index contributed by atoms with van der Waals surface area (Å²) < 4.78 is 0. The molecule has 0 saturated carbocycles. The van der Waals surface area contributed by atoms with Crippen LogP contribution in [-0.4, -0.2) is 55.8 Å². The van der Waals surface area contributed by atoms with Crippen LogP contribution in [0, 0.1) is 0 Å². The first kappa shape index (κ1) is 18.6. The second-order valence-electron chi connectivity index (χ2n) is 7.02. The average Bonchev–Trinajstić information content (AvgIpc) is 2.68. The topological polar surface area (TPSA) is 30.0 Å². The Labute approximate surface area is 157 Å². The second-order valence-corrected chi connectivity index (χ2v) is 7.02. The van der Waals surface area contributed by atoms with Crippen molar-refractivity contribution in [1.82, 2.24) is 4.90 Å². The average molecular weight is 354 g/mol. The van der Waals surface area contributed by atoms with E-state index in [1.54, 1.807) is 6.07 Å². The number of piperazine rings is 1. The van der Waals surface area contributed by atoms with E-state index in [1.165, 1.54) is 5.69 Å². The lowest BCUT2D eigenvalue weighted by Crippen LogP contribution is -2.47. The number of benzene rings is 2. The van der Waals surface area contributed by atoms with Crippen LogP contribution in [0.3, 0.4) is 0 Å². The number of hydrogen-bond acceptors (Lipinski definition) is 4. The lowest BCUT2D eigenvalue weighted by molar-refractivity contribution is 0.255. The van der Waals surface area contributed by atoms with Gasteiger partial charge in [0, 0.05) is 56.7 Å². The van der Waals surface area contributed by atoms with Gasteiger partial charge in [0.25, 0.3) is 0 Å². The van der Waals surface area contributed by atoms with Gasteiger partial charge in [0.05, 0.1) is 0 Å². The Bertz CT molecular complexity index is 653. The van der Waals surface area contributed by atoms with Crippen LogP contribution in [0.25, 0.3) is 0 Å². The quantitative estimate of drug-likeness (QED) is 0.781. The fourth-order valence-corrected chi connectivity index (χ4v) is 3.68. The Hall–Kier alpha value is -2.20. The predicted octanol–water partition coefficient (Wildman–Crippen LogP) is 3.82. The van der Waals surface area contributed by atoms with Crippen molar-refractivity contribution in [1.29, 1.82) is 0 Å². The monoisotopic (exact) mass is 353 g/mol. The van der Waals surface area contributed by atoms with Crippen LogP contribution in [-0.2, 0) is 0 Å². The number of anilines is 2. The SMILES string of the molecule is CCCN(CCCN1CCN(c2ccccc2)CC1)c1cccc(O)c1. The smallest absolute Gasteiger partial charge is 0.117 e. The molecule has 0 aromatic heterocycles. The minimum absolute atomic E-state index is 0.348. The Morgan fingerprint density at radius 3 is 2.38 bits per heavy atom. The molecule has 1 fully saturated rings. The summed E-state index contributed by atoms with van der Waals surface area (Å²) in [5.41, 5.74) is 2.46. The zero-order valence-electron chi connectivity index (χ0n) is 15.8. The van der Waals surface area contributed by atoms with Crippen molar-refractivity contribution in [3.63, 3.8) is 0 Å². The first-order valence-electron chi connectivity index (χ1n) is 9.82. The molecule has 0 bridgehead atoms. The van der Waals surface area contributed by atoms with Crippen LogP contribution in [0.2, 0.25) is 0 Å². The van der Waals surface area contributed by atoms with Crippen molar-refractivity contribution in [2.45, 2.75) is 19.8 Å². The van der Waals surface area contributed by atoms with Crippen LogP contribution in [0.1, 0.15) is 19.8 Å². The van der Waals surface area contributed by atoms with Gasteiger partial charge >= 0.3 is 0 Å². The highest BCUT2D eigenvalue weighted by atomic mass is 16.3. The number of aromatic hydroxyl groups is 1. The predicted molar refractivity (Wildman–Crippen MR) is 110 cm³/mol. The zero-order chi connectivity index (χ0) is 18.2. The van der Waals surface area contributed by atoms with E-state index < -0.39 is 0 Å². The molecular formula is C22H31N3O. The van der Waals surface area contributed by atoms with E-state index in [-0.39, 0.29) is 0 Å². The number of phenolic OH excluding ortho intramolecular Hbond substituents is 1. The van der Waals surface area contributed by atoms with Crippen molar-refractivity contribution >= 4 is 11.4 Å². The maximum Gasteiger partial charge on any atom is 0.117 e. The summed E-state index contributed by atoms with van der Waals surface area (Å²) in [6.45, 7) is 9.90. The third-order valence-electron chi connectivity index (χ3n) is 5.08. The molecule has 2 aromatic rings. The Morgan fingerprint density at radius 2 is 1.69 bits per heavy atom. The molecule has 0 atom stereocenters. The third-order valence-corrected chi connectivity index (χ3v) is 5.08. The molecule has 1 aliphatic heterocycles. The van der Waals surface area contributed by atoms with Crippen LogP contribution >= 0.6 is 0 Å². The molecule has 140 valence electrons. The van der Waals surface area contributed by atoms with Gasteiger partial charge in [-0.1, -0.05) is 31.2 Å². The lowest BCUT2D eigenvalue weighted by atomic mass is 10.2. The van der Waals surface area contributed by atoms with E-state index in [1.807, 2.05) is 12.1 Å². The molecule has 0 spiro atoms. The highest BCUT2D eigenvalue weighted by Gasteiger charge is 2.17. The molecular weight excluding hydrogens is 322 g/mol. The molecule has 1 saturated heterocycles. The summed E-state index contributed by atoms with van der Waals surface area (Å²) in [6, 6.07) is 18.3. The van der Waals surface area contributed by atoms with Gasteiger partial charge in [-0.2, -0.15) is 0 Å². The van der Waals surface area contributed by atoms with Gasteiger partial charge in [-0.15, -0.1) is 0 Å². The van der Waals surface area contributed by atoms with Gasteiger partial charge in [-0.05, 0) is 43.7 Å². The minimum Gasteiger partial charge on any atom is -0.508 e. The molecule has 1 N–H and O–H groups in total. The van der Waals surface area contributed by atoms with Crippen molar-refractivity contribution < 1.29 is 5.11 Å². The summed E-state index contributed by atoms with van der Waals surface area (Å²) in [5.74, 6) is 0.348. The van der Waals surface area contributed by atoms with Gasteiger partial charge in [-0.3, -0.25) is 4.90 Å². The number of phenols is 1. The maximum absolute atomic E-state index is 9.74. The van der Waals surface area contributed by atoms with Gasteiger partial charge in [-0.25, -0.2) is 0 Å². The van der Waals surface area contributed by atoms with E-state index in [0.29, 0.717) is 5.75 Å². The lowest BCUT2D eigenvalue weighted by Gasteiger charge is -2.36. The van der Waals surface area contributed by atoms with E-state index in [0.717, 1.165) is 64.3 Å². The molecule has 3 rings (SSSR count). The highest BCUT2D eigenvalue weighted by molar-refractivity contribution is 5.50. The number of rotatable bonds is 8. The van der Waals surface area contributed by atoms with Crippen molar-refractivity contribution in [2.24, 2.45) is 0 Å². The van der Waals surface area contributed by atoms with Crippen molar-refractivity contribution in [2.75, 3.05) is 55.6 Å². The molecule has 0 unspecified atom stereocenters. The maximum atomic E-state index is 9.74. The van der Waals surface area contributed by atoms with Crippen LogP contribution in [0.15, 0.2) is 54.6 Å². The van der Waals surface area contributed by atoms with Crippen molar-refractivity contribution in [3.8, 4) is 5.75 Å². The zero-order valence-corrected chi connectivity index (χ0v) is 15.8. The fraction of sp³-hybridized carbons (Fsp3) is 0.455. The summed E-state index contributed by atoms with van der Waals surface area (Å²) in [6.07, 6.45) is 2.27. The van der Waals surface area contributed by atoms with Crippen molar-refractivity contribution in [3.05, 3.63) is 54.6 Å². The molecule has 4 nitrogen and oxygen atoms in total. The first-order chi connectivity index (χ1) is 12.8. The van der Waals surface area contributed by atoms with E-state index >= 15 is 0 Å². The van der Waals surface area contributed by atoms with E-state index in [4.69, 9.17) is 0 Å². The Morgan fingerprint density at radius 1 is 0.923 bits per heavy atom. The number of para-hydroxylation sites is 1. The third kappa shape index (κ3) is 5.15. The minimum atomic E-state index is 0.348. The molecule has 1 heterocycles. The fourth-order valence-electron chi connectivity index (χ4n) is 3.68. The van der Waals surface area contributed by atoms with Crippen LogP contribution in [0.5, 0.6) is 5.75 Å². The molecule has 2 aromatic carbocycles. The van der Waals surface area contributed by atoms with Gasteiger partial charge in [0.1, 0.15) is 5.75 Å². The van der Waals surface area contributed by atoms with Gasteiger partial charge in [0.2, 0.25) is 0 Å². The molecule has 0 amide bonds. The molecule has 4 heteroatoms. The van der Waals surface area contributed by atoms with E-state index in [2.05, 4.69) is 58.0 Å². The standard InChI is InChI=1S/C22H31N3O/c1-2-12-24(21-10-6-11-22(26)19-21)14-7-13-23-15-17-25(18-16-23)20-8-4-3-5-9-20/h3-6,8-11,19,26H,2,7,12-18H2,1H3. The number of hydrogen-bond donors (Lipinski definition) is 1. The van der Waals surface area contributed by atoms with Crippen LogP contribution in [0.4, 0.5) is 11.4 Å². The largest absolute Gasteiger partial charge is 0.508 e. The number of nitrogens with zero attached hydrogens (tertiary/aromatic N) is 3. The first-order valence-corrected chi connectivity index (χ1v) is 9.82. The summed E-state index contributed by atoms with van der Waals surface area (Å²) in [4.78, 5) is 7.44. The van der Waals surface area contributed by atoms with Crippen LogP contribution < -0.4 is 9.80 Å². The Balaban J connectivity index is 1.44. The summed E-state index contributed by atoms with van der Waals surface area (Å²) in [5, 5.41) is 9.74. The normalized spacial score (nSPS) is 15.2. The Kier molecular flexibility index (Phi) is 6.78. The molecule has 1 aliphatic rings. The molecule has 0 radical (unpaired) electrons. The summed E-state index contributed by atoms with van der Waals surface area (Å²) >= 11 is 0.